The van der Waals surface area contributed by atoms with E-state index in [1.165, 1.54) is 18.3 Å². The number of carbonyl (C=O) groups is 2. The van der Waals surface area contributed by atoms with Crippen LogP contribution in [0.3, 0.4) is 0 Å². The molecular formula is C20H23FN4O2. The fourth-order valence-corrected chi connectivity index (χ4v) is 3.40. The second kappa shape index (κ2) is 8.24. The molecule has 27 heavy (non-hydrogen) atoms. The summed E-state index contributed by atoms with van der Waals surface area (Å²) in [5.74, 6) is -0.0425. The van der Waals surface area contributed by atoms with E-state index in [-0.39, 0.29) is 17.6 Å². The molecule has 2 amide bonds. The molecule has 0 bridgehead atoms. The number of hydrogen-bond donors (Lipinski definition) is 1. The molecule has 1 aromatic heterocycles. The summed E-state index contributed by atoms with van der Waals surface area (Å²) in [5, 5.41) is 0. The number of halogens is 1. The van der Waals surface area contributed by atoms with Crippen molar-refractivity contribution in [3.8, 4) is 0 Å². The summed E-state index contributed by atoms with van der Waals surface area (Å²) in [6, 6.07) is 6.23. The molecule has 1 aromatic carbocycles. The maximum atomic E-state index is 13.0. The molecule has 1 aliphatic rings. The van der Waals surface area contributed by atoms with Gasteiger partial charge in [-0.25, -0.2) is 14.4 Å². The SMILES string of the molecule is Cc1nc([C@@H]2CCCN(C(=O)CCc3ccc(F)cc3)C2)ncc1C(N)=O. The Morgan fingerprint density at radius 3 is 2.70 bits per heavy atom. The van der Waals surface area contributed by atoms with Crippen molar-refractivity contribution in [1.29, 1.82) is 0 Å². The van der Waals surface area contributed by atoms with Crippen molar-refractivity contribution in [2.75, 3.05) is 13.1 Å². The third-order valence-corrected chi connectivity index (χ3v) is 4.94. The molecule has 0 radical (unpaired) electrons. The lowest BCUT2D eigenvalue weighted by molar-refractivity contribution is -0.132. The van der Waals surface area contributed by atoms with Crippen molar-refractivity contribution in [3.63, 3.8) is 0 Å². The van der Waals surface area contributed by atoms with E-state index >= 15 is 0 Å². The Kier molecular flexibility index (Phi) is 5.78. The topological polar surface area (TPSA) is 89.2 Å². The second-order valence-corrected chi connectivity index (χ2v) is 6.90. The van der Waals surface area contributed by atoms with Crippen molar-refractivity contribution in [2.45, 2.75) is 38.5 Å². The number of aryl methyl sites for hydroxylation is 2. The van der Waals surface area contributed by atoms with E-state index in [2.05, 4.69) is 9.97 Å². The number of nitrogens with two attached hydrogens (primary N) is 1. The van der Waals surface area contributed by atoms with Gasteiger partial charge < -0.3 is 10.6 Å². The molecule has 0 saturated carbocycles. The van der Waals surface area contributed by atoms with Crippen LogP contribution < -0.4 is 5.73 Å². The summed E-state index contributed by atoms with van der Waals surface area (Å²) < 4.78 is 13.0. The predicted octanol–water partition coefficient (Wildman–Crippen LogP) is 2.36. The zero-order valence-electron chi connectivity index (χ0n) is 15.3. The third-order valence-electron chi connectivity index (χ3n) is 4.94. The quantitative estimate of drug-likeness (QED) is 0.875. The van der Waals surface area contributed by atoms with Gasteiger partial charge in [-0.05, 0) is 43.9 Å². The first-order valence-electron chi connectivity index (χ1n) is 9.09. The van der Waals surface area contributed by atoms with E-state index in [4.69, 9.17) is 5.73 Å². The zero-order valence-corrected chi connectivity index (χ0v) is 15.3. The van der Waals surface area contributed by atoms with Gasteiger partial charge in [0.25, 0.3) is 5.91 Å². The standard InChI is InChI=1S/C20H23FN4O2/c1-13-17(19(22)27)11-23-20(24-13)15-3-2-10-25(12-15)18(26)9-6-14-4-7-16(21)8-5-14/h4-5,7-8,11,15H,2-3,6,9-10,12H2,1H3,(H2,22,27)/t15-/m1/s1. The van der Waals surface area contributed by atoms with Gasteiger partial charge in [-0.3, -0.25) is 9.59 Å². The van der Waals surface area contributed by atoms with E-state index < -0.39 is 5.91 Å². The zero-order chi connectivity index (χ0) is 19.4. The van der Waals surface area contributed by atoms with Crippen LogP contribution in [0.2, 0.25) is 0 Å². The van der Waals surface area contributed by atoms with Gasteiger partial charge in [0.2, 0.25) is 5.91 Å². The van der Waals surface area contributed by atoms with Crippen LogP contribution in [0.4, 0.5) is 4.39 Å². The lowest BCUT2D eigenvalue weighted by Crippen LogP contribution is -2.39. The van der Waals surface area contributed by atoms with Crippen LogP contribution in [0.1, 0.15) is 52.6 Å². The highest BCUT2D eigenvalue weighted by molar-refractivity contribution is 5.93. The first-order chi connectivity index (χ1) is 12.9. The summed E-state index contributed by atoms with van der Waals surface area (Å²) in [4.78, 5) is 34.5. The van der Waals surface area contributed by atoms with E-state index in [1.54, 1.807) is 19.1 Å². The van der Waals surface area contributed by atoms with Crippen LogP contribution >= 0.6 is 0 Å². The van der Waals surface area contributed by atoms with Crippen molar-refractivity contribution < 1.29 is 14.0 Å². The van der Waals surface area contributed by atoms with Gasteiger partial charge >= 0.3 is 0 Å². The first kappa shape index (κ1) is 18.9. The number of amides is 2. The van der Waals surface area contributed by atoms with Gasteiger partial charge in [0, 0.05) is 31.6 Å². The molecule has 0 unspecified atom stereocenters. The molecule has 6 nitrogen and oxygen atoms in total. The average molecular weight is 370 g/mol. The smallest absolute Gasteiger partial charge is 0.252 e. The van der Waals surface area contributed by atoms with Crippen molar-refractivity contribution in [2.24, 2.45) is 5.73 Å². The van der Waals surface area contributed by atoms with Crippen LogP contribution in [0.15, 0.2) is 30.5 Å². The number of carbonyl (C=O) groups excluding carboxylic acids is 2. The van der Waals surface area contributed by atoms with Crippen LogP contribution in [-0.4, -0.2) is 39.8 Å². The van der Waals surface area contributed by atoms with Crippen molar-refractivity contribution in [3.05, 3.63) is 58.9 Å². The van der Waals surface area contributed by atoms with Gasteiger partial charge in [0.05, 0.1) is 11.3 Å². The molecule has 0 aliphatic carbocycles. The molecule has 1 aliphatic heterocycles. The predicted molar refractivity (Wildman–Crippen MR) is 98.6 cm³/mol. The summed E-state index contributed by atoms with van der Waals surface area (Å²) in [7, 11) is 0. The number of likely N-dealkylation sites (tertiary alicyclic amines) is 1. The van der Waals surface area contributed by atoms with Gasteiger partial charge in [0.1, 0.15) is 11.6 Å². The van der Waals surface area contributed by atoms with Crippen LogP contribution in [0.5, 0.6) is 0 Å². The molecule has 2 N–H and O–H groups in total. The molecule has 0 spiro atoms. The Balaban J connectivity index is 1.61. The van der Waals surface area contributed by atoms with Crippen LogP contribution in [0, 0.1) is 12.7 Å². The van der Waals surface area contributed by atoms with E-state index in [1.807, 2.05) is 4.90 Å². The molecule has 2 aromatic rings. The molecule has 3 rings (SSSR count). The minimum Gasteiger partial charge on any atom is -0.365 e. The van der Waals surface area contributed by atoms with Gasteiger partial charge in [-0.15, -0.1) is 0 Å². The first-order valence-corrected chi connectivity index (χ1v) is 9.09. The summed E-state index contributed by atoms with van der Waals surface area (Å²) in [6.07, 6.45) is 4.22. The number of aromatic nitrogens is 2. The Hall–Kier alpha value is -2.83. The summed E-state index contributed by atoms with van der Waals surface area (Å²) >= 11 is 0. The van der Waals surface area contributed by atoms with E-state index in [0.29, 0.717) is 36.5 Å². The van der Waals surface area contributed by atoms with Crippen molar-refractivity contribution >= 4 is 11.8 Å². The lowest BCUT2D eigenvalue weighted by Gasteiger charge is -2.32. The molecule has 1 fully saturated rings. The molecule has 142 valence electrons. The normalized spacial score (nSPS) is 17.0. The number of primary amides is 1. The van der Waals surface area contributed by atoms with Crippen molar-refractivity contribution in [1.82, 2.24) is 14.9 Å². The Morgan fingerprint density at radius 2 is 2.04 bits per heavy atom. The van der Waals surface area contributed by atoms with Gasteiger partial charge in [0.15, 0.2) is 0 Å². The number of benzene rings is 1. The molecule has 1 saturated heterocycles. The van der Waals surface area contributed by atoms with E-state index in [9.17, 15) is 14.0 Å². The Bertz CT molecular complexity index is 838. The summed E-state index contributed by atoms with van der Waals surface area (Å²) in [5.41, 5.74) is 7.13. The third kappa shape index (κ3) is 4.67. The number of hydrogen-bond acceptors (Lipinski definition) is 4. The number of piperidine rings is 1. The highest BCUT2D eigenvalue weighted by Gasteiger charge is 2.26. The highest BCUT2D eigenvalue weighted by Crippen LogP contribution is 2.25. The maximum Gasteiger partial charge on any atom is 0.252 e. The van der Waals surface area contributed by atoms with Gasteiger partial charge in [-0.2, -0.15) is 0 Å². The number of rotatable bonds is 5. The monoisotopic (exact) mass is 370 g/mol. The number of nitrogens with zero attached hydrogens (tertiary/aromatic N) is 3. The minimum absolute atomic E-state index is 0.0501. The molecular weight excluding hydrogens is 347 g/mol. The molecule has 2 heterocycles. The Morgan fingerprint density at radius 1 is 1.30 bits per heavy atom. The second-order valence-electron chi connectivity index (χ2n) is 6.90. The fourth-order valence-electron chi connectivity index (χ4n) is 3.40. The molecule has 1 atom stereocenters. The highest BCUT2D eigenvalue weighted by atomic mass is 19.1. The average Bonchev–Trinajstić information content (AvgIpc) is 2.67. The van der Waals surface area contributed by atoms with Crippen LogP contribution in [-0.2, 0) is 11.2 Å². The summed E-state index contributed by atoms with van der Waals surface area (Å²) in [6.45, 7) is 3.02. The minimum atomic E-state index is -0.541. The maximum absolute atomic E-state index is 13.0. The van der Waals surface area contributed by atoms with E-state index in [0.717, 1.165) is 24.9 Å². The lowest BCUT2D eigenvalue weighted by atomic mass is 9.96. The fraction of sp³-hybridized carbons (Fsp3) is 0.400. The largest absolute Gasteiger partial charge is 0.365 e. The Labute approximate surface area is 157 Å². The van der Waals surface area contributed by atoms with Crippen LogP contribution in [0.25, 0.3) is 0 Å². The molecule has 7 heteroatoms. The van der Waals surface area contributed by atoms with Gasteiger partial charge in [-0.1, -0.05) is 12.1 Å².